The maximum atomic E-state index is 8.72. The first-order valence-corrected chi connectivity index (χ1v) is 9.67. The van der Waals surface area contributed by atoms with Gasteiger partial charge >= 0.3 is 0 Å². The molecule has 0 atom stereocenters. The van der Waals surface area contributed by atoms with Crippen LogP contribution in [0, 0.1) is 11.3 Å². The van der Waals surface area contributed by atoms with Crippen LogP contribution in [0.15, 0.2) is 29.4 Å². The second-order valence-corrected chi connectivity index (χ2v) is 7.01. The number of nitrogens with zero attached hydrogens (tertiary/aromatic N) is 5. The third kappa shape index (κ3) is 4.07. The number of aromatic nitrogens is 3. The molecule has 0 radical (unpaired) electrons. The molecule has 2 aromatic rings. The van der Waals surface area contributed by atoms with Crippen molar-refractivity contribution in [3.8, 4) is 17.5 Å². The molecule has 1 aromatic heterocycles. The zero-order chi connectivity index (χ0) is 17.5. The minimum atomic E-state index is 0.564. The molecule has 0 bridgehead atoms. The van der Waals surface area contributed by atoms with Crippen molar-refractivity contribution in [1.82, 2.24) is 14.8 Å². The summed E-state index contributed by atoms with van der Waals surface area (Å²) in [6.45, 7) is 2.01. The average molecular weight is 357 g/mol. The van der Waals surface area contributed by atoms with E-state index in [9.17, 15) is 0 Å². The molecule has 25 heavy (non-hydrogen) atoms. The third-order valence-corrected chi connectivity index (χ3v) is 5.26. The van der Waals surface area contributed by atoms with Gasteiger partial charge in [-0.3, -0.25) is 4.57 Å². The highest BCUT2D eigenvalue weighted by molar-refractivity contribution is 7.99. The Balaban J connectivity index is 1.95. The van der Waals surface area contributed by atoms with E-state index in [1.54, 1.807) is 18.9 Å². The van der Waals surface area contributed by atoms with E-state index in [0.717, 1.165) is 47.8 Å². The Hall–Kier alpha value is -2.20. The molecule has 1 aliphatic rings. The van der Waals surface area contributed by atoms with E-state index < -0.39 is 0 Å². The van der Waals surface area contributed by atoms with Crippen molar-refractivity contribution in [3.63, 3.8) is 0 Å². The highest BCUT2D eigenvalue weighted by Gasteiger charge is 2.23. The highest BCUT2D eigenvalue weighted by Crippen LogP contribution is 2.32. The predicted molar refractivity (Wildman–Crippen MR) is 99.5 cm³/mol. The molecular formula is C18H23N5OS. The molecule has 1 aromatic carbocycles. The van der Waals surface area contributed by atoms with Gasteiger partial charge in [0.15, 0.2) is 5.16 Å². The maximum Gasteiger partial charge on any atom is 0.232 e. The van der Waals surface area contributed by atoms with Crippen molar-refractivity contribution in [2.75, 3.05) is 30.9 Å². The molecule has 7 heteroatoms. The summed E-state index contributed by atoms with van der Waals surface area (Å²) in [6, 6.07) is 10.2. The number of ether oxygens (including phenoxy) is 1. The average Bonchev–Trinajstić information content (AvgIpc) is 3.09. The Bertz CT molecular complexity index is 733. The number of anilines is 1. The van der Waals surface area contributed by atoms with E-state index in [2.05, 4.69) is 25.7 Å². The van der Waals surface area contributed by atoms with E-state index in [-0.39, 0.29) is 0 Å². The molecule has 1 saturated heterocycles. The predicted octanol–water partition coefficient (Wildman–Crippen LogP) is 3.66. The Labute approximate surface area is 152 Å². The van der Waals surface area contributed by atoms with Gasteiger partial charge in [-0.05, 0) is 37.8 Å². The summed E-state index contributed by atoms with van der Waals surface area (Å²) in [7, 11) is 1.68. The zero-order valence-corrected chi connectivity index (χ0v) is 15.3. The molecular weight excluding hydrogens is 334 g/mol. The van der Waals surface area contributed by atoms with Gasteiger partial charge in [0.2, 0.25) is 5.95 Å². The lowest BCUT2D eigenvalue weighted by atomic mass is 10.1. The van der Waals surface area contributed by atoms with Gasteiger partial charge in [-0.15, -0.1) is 10.2 Å². The molecule has 0 aliphatic carbocycles. The van der Waals surface area contributed by atoms with Crippen LogP contribution < -0.4 is 9.64 Å². The monoisotopic (exact) mass is 357 g/mol. The van der Waals surface area contributed by atoms with Crippen molar-refractivity contribution in [1.29, 1.82) is 5.26 Å². The van der Waals surface area contributed by atoms with E-state index in [1.807, 2.05) is 24.3 Å². The third-order valence-electron chi connectivity index (χ3n) is 4.25. The first-order chi connectivity index (χ1) is 12.3. The summed E-state index contributed by atoms with van der Waals surface area (Å²) >= 11 is 1.64. The molecule has 6 nitrogen and oxygen atoms in total. The Kier molecular flexibility index (Phi) is 6.18. The van der Waals surface area contributed by atoms with E-state index in [0.29, 0.717) is 6.42 Å². The van der Waals surface area contributed by atoms with Crippen LogP contribution >= 0.6 is 11.8 Å². The lowest BCUT2D eigenvalue weighted by molar-refractivity contribution is 0.412. The minimum absolute atomic E-state index is 0.564. The summed E-state index contributed by atoms with van der Waals surface area (Å²) in [5.41, 5.74) is 0.957. The van der Waals surface area contributed by atoms with Gasteiger partial charge in [-0.25, -0.2) is 0 Å². The van der Waals surface area contributed by atoms with Gasteiger partial charge in [0.1, 0.15) is 5.75 Å². The molecule has 1 aliphatic heterocycles. The van der Waals surface area contributed by atoms with Crippen LogP contribution in [0.3, 0.4) is 0 Å². The van der Waals surface area contributed by atoms with Crippen LogP contribution in [0.5, 0.6) is 5.75 Å². The Morgan fingerprint density at radius 3 is 2.76 bits per heavy atom. The molecule has 0 saturated carbocycles. The smallest absolute Gasteiger partial charge is 0.232 e. The summed E-state index contributed by atoms with van der Waals surface area (Å²) in [4.78, 5) is 2.31. The van der Waals surface area contributed by atoms with Gasteiger partial charge in [-0.1, -0.05) is 23.9 Å². The van der Waals surface area contributed by atoms with E-state index >= 15 is 0 Å². The van der Waals surface area contributed by atoms with Crippen molar-refractivity contribution >= 4 is 17.7 Å². The molecule has 0 unspecified atom stereocenters. The first kappa shape index (κ1) is 17.6. The standard InChI is InChI=1S/C18H23N5OS/c1-24-16-10-4-3-9-15(16)23-17(22-12-6-2-7-13-22)20-21-18(23)25-14-8-5-11-19/h3-4,9-10H,2,5-8,12-14H2,1H3. The van der Waals surface area contributed by atoms with Crippen molar-refractivity contribution in [2.45, 2.75) is 37.3 Å². The number of unbranched alkanes of at least 4 members (excludes halogenated alkanes) is 1. The molecule has 132 valence electrons. The largest absolute Gasteiger partial charge is 0.495 e. The summed E-state index contributed by atoms with van der Waals surface area (Å²) < 4.78 is 7.66. The first-order valence-electron chi connectivity index (χ1n) is 8.68. The number of hydrogen-bond acceptors (Lipinski definition) is 6. The van der Waals surface area contributed by atoms with Gasteiger partial charge in [0, 0.05) is 25.3 Å². The van der Waals surface area contributed by atoms with Crippen LogP contribution in [0.1, 0.15) is 32.1 Å². The summed E-state index contributed by atoms with van der Waals surface area (Å²) in [6.07, 6.45) is 5.05. The number of piperidine rings is 1. The fourth-order valence-electron chi connectivity index (χ4n) is 2.99. The molecule has 3 rings (SSSR count). The van der Waals surface area contributed by atoms with Gasteiger partial charge < -0.3 is 9.64 Å². The van der Waals surface area contributed by atoms with Crippen LogP contribution in [-0.4, -0.2) is 40.7 Å². The fraction of sp³-hybridized carbons (Fsp3) is 0.500. The van der Waals surface area contributed by atoms with Gasteiger partial charge in [-0.2, -0.15) is 5.26 Å². The lowest BCUT2D eigenvalue weighted by Gasteiger charge is -2.28. The fourth-order valence-corrected chi connectivity index (χ4v) is 3.87. The highest BCUT2D eigenvalue weighted by atomic mass is 32.2. The van der Waals surface area contributed by atoms with Crippen LogP contribution in [-0.2, 0) is 0 Å². The Morgan fingerprint density at radius 1 is 1.20 bits per heavy atom. The second-order valence-electron chi connectivity index (χ2n) is 5.95. The number of hydrogen-bond donors (Lipinski definition) is 0. The van der Waals surface area contributed by atoms with Crippen molar-refractivity contribution in [3.05, 3.63) is 24.3 Å². The number of benzene rings is 1. The number of methoxy groups -OCH3 is 1. The minimum Gasteiger partial charge on any atom is -0.495 e. The molecule has 0 amide bonds. The number of rotatable bonds is 7. The van der Waals surface area contributed by atoms with Crippen molar-refractivity contribution < 1.29 is 4.74 Å². The SMILES string of the molecule is COc1ccccc1-n1c(SCCCC#N)nnc1N1CCCCC1. The van der Waals surface area contributed by atoms with Crippen LogP contribution in [0.2, 0.25) is 0 Å². The number of para-hydroxylation sites is 2. The van der Waals surface area contributed by atoms with Crippen molar-refractivity contribution in [2.24, 2.45) is 0 Å². The Morgan fingerprint density at radius 2 is 2.00 bits per heavy atom. The maximum absolute atomic E-state index is 8.72. The zero-order valence-electron chi connectivity index (χ0n) is 14.5. The van der Waals surface area contributed by atoms with Crippen LogP contribution in [0.4, 0.5) is 5.95 Å². The second kappa shape index (κ2) is 8.77. The quantitative estimate of drug-likeness (QED) is 0.556. The van der Waals surface area contributed by atoms with Gasteiger partial charge in [0.25, 0.3) is 0 Å². The van der Waals surface area contributed by atoms with E-state index in [4.69, 9.17) is 10.00 Å². The molecule has 0 N–H and O–H groups in total. The normalized spacial score (nSPS) is 14.3. The van der Waals surface area contributed by atoms with E-state index in [1.165, 1.54) is 19.3 Å². The summed E-state index contributed by atoms with van der Waals surface area (Å²) in [5, 5.41) is 18.5. The van der Waals surface area contributed by atoms with Crippen LogP contribution in [0.25, 0.3) is 5.69 Å². The molecule has 2 heterocycles. The topological polar surface area (TPSA) is 67.0 Å². The molecule has 1 fully saturated rings. The lowest BCUT2D eigenvalue weighted by Crippen LogP contribution is -2.31. The number of thioether (sulfide) groups is 1. The summed E-state index contributed by atoms with van der Waals surface area (Å²) in [5.74, 6) is 2.53. The molecule has 0 spiro atoms. The number of nitriles is 1. The van der Waals surface area contributed by atoms with Gasteiger partial charge in [0.05, 0.1) is 18.9 Å².